The van der Waals surface area contributed by atoms with E-state index in [1.807, 2.05) is 0 Å². The van der Waals surface area contributed by atoms with Gasteiger partial charge in [0.15, 0.2) is 23.3 Å². The minimum absolute atomic E-state index is 0.300. The van der Waals surface area contributed by atoms with E-state index in [0.29, 0.717) is 13.7 Å². The summed E-state index contributed by atoms with van der Waals surface area (Å²) < 4.78 is 68.0. The maximum Gasteiger partial charge on any atom is 0.200 e. The van der Waals surface area contributed by atoms with Gasteiger partial charge < -0.3 is 5.32 Å². The fourth-order valence-corrected chi connectivity index (χ4v) is 3.67. The zero-order valence-corrected chi connectivity index (χ0v) is 13.4. The molecule has 9 heteroatoms. The van der Waals surface area contributed by atoms with Crippen molar-refractivity contribution in [1.82, 2.24) is 5.32 Å². The minimum atomic E-state index is -2.19. The van der Waals surface area contributed by atoms with Crippen molar-refractivity contribution in [2.75, 3.05) is 7.05 Å². The molecule has 0 aliphatic heterocycles. The average molecular weight is 407 g/mol. The molecule has 21 heavy (non-hydrogen) atoms. The standard InChI is InChI=1S/C12H6BrClF5NS/c1-20-11(4-2-3(13)12(14)21-4)5-6(15)8(17)10(19)9(18)7(5)16/h2,11,20H,1H3. The molecule has 1 aromatic carbocycles. The molecule has 0 radical (unpaired) electrons. The van der Waals surface area contributed by atoms with E-state index < -0.39 is 40.7 Å². The zero-order chi connectivity index (χ0) is 15.9. The van der Waals surface area contributed by atoms with E-state index in [0.717, 1.165) is 11.3 Å². The fraction of sp³-hybridized carbons (Fsp3) is 0.167. The van der Waals surface area contributed by atoms with Crippen LogP contribution in [0.5, 0.6) is 0 Å². The summed E-state index contributed by atoms with van der Waals surface area (Å²) in [5.41, 5.74) is -0.945. The summed E-state index contributed by atoms with van der Waals surface area (Å²) in [6.45, 7) is 0. The van der Waals surface area contributed by atoms with Crippen molar-refractivity contribution in [3.63, 3.8) is 0 Å². The lowest BCUT2D eigenvalue weighted by Gasteiger charge is -2.17. The van der Waals surface area contributed by atoms with Gasteiger partial charge in [-0.3, -0.25) is 0 Å². The van der Waals surface area contributed by atoms with Crippen LogP contribution in [0.1, 0.15) is 16.5 Å². The molecule has 0 bridgehead atoms. The molecule has 1 N–H and O–H groups in total. The molecule has 0 spiro atoms. The van der Waals surface area contributed by atoms with Crippen molar-refractivity contribution in [3.05, 3.63) is 54.4 Å². The Labute approximate surface area is 133 Å². The molecule has 1 atom stereocenters. The second-order valence-electron chi connectivity index (χ2n) is 3.98. The third kappa shape index (κ3) is 2.81. The van der Waals surface area contributed by atoms with Crippen molar-refractivity contribution in [3.8, 4) is 0 Å². The number of nitrogens with one attached hydrogen (secondary N) is 1. The van der Waals surface area contributed by atoms with Crippen LogP contribution in [0.15, 0.2) is 10.5 Å². The molecule has 1 heterocycles. The monoisotopic (exact) mass is 405 g/mol. The second kappa shape index (κ2) is 6.20. The molecular formula is C12H6BrClF5NS. The Balaban J connectivity index is 2.68. The van der Waals surface area contributed by atoms with Crippen molar-refractivity contribution in [2.45, 2.75) is 6.04 Å². The van der Waals surface area contributed by atoms with Crippen LogP contribution >= 0.6 is 38.9 Å². The second-order valence-corrected chi connectivity index (χ2v) is 6.52. The lowest BCUT2D eigenvalue weighted by Crippen LogP contribution is -2.21. The van der Waals surface area contributed by atoms with E-state index >= 15 is 0 Å². The van der Waals surface area contributed by atoms with Crippen LogP contribution in [0.2, 0.25) is 4.34 Å². The number of benzene rings is 1. The molecule has 2 aromatic rings. The van der Waals surface area contributed by atoms with Gasteiger partial charge in [0.2, 0.25) is 5.82 Å². The molecule has 0 fully saturated rings. The molecule has 1 unspecified atom stereocenters. The van der Waals surface area contributed by atoms with Gasteiger partial charge in [-0.25, -0.2) is 22.0 Å². The SMILES string of the molecule is CNC(c1cc(Br)c(Cl)s1)c1c(F)c(F)c(F)c(F)c1F. The highest BCUT2D eigenvalue weighted by Crippen LogP contribution is 2.39. The third-order valence-electron chi connectivity index (χ3n) is 2.77. The largest absolute Gasteiger partial charge is 0.308 e. The highest BCUT2D eigenvalue weighted by atomic mass is 79.9. The Morgan fingerprint density at radius 2 is 1.52 bits per heavy atom. The Hall–Kier alpha value is -0.700. The topological polar surface area (TPSA) is 12.0 Å². The van der Waals surface area contributed by atoms with Crippen molar-refractivity contribution in [2.24, 2.45) is 0 Å². The Morgan fingerprint density at radius 1 is 1.05 bits per heavy atom. The molecule has 0 aliphatic rings. The van der Waals surface area contributed by atoms with Crippen molar-refractivity contribution >= 4 is 38.9 Å². The maximum absolute atomic E-state index is 13.8. The Morgan fingerprint density at radius 3 is 1.90 bits per heavy atom. The normalized spacial score (nSPS) is 12.8. The fourth-order valence-electron chi connectivity index (χ4n) is 1.81. The van der Waals surface area contributed by atoms with E-state index in [1.54, 1.807) is 0 Å². The number of thiophene rings is 1. The van der Waals surface area contributed by atoms with Gasteiger partial charge in [-0.1, -0.05) is 11.6 Å². The summed E-state index contributed by atoms with van der Waals surface area (Å²) in [6, 6.07) is 0.232. The summed E-state index contributed by atoms with van der Waals surface area (Å²) in [5, 5.41) is 2.53. The molecule has 1 aromatic heterocycles. The van der Waals surface area contributed by atoms with E-state index in [2.05, 4.69) is 21.2 Å². The van der Waals surface area contributed by atoms with E-state index in [1.165, 1.54) is 13.1 Å². The van der Waals surface area contributed by atoms with E-state index in [4.69, 9.17) is 11.6 Å². The van der Waals surface area contributed by atoms with Crippen LogP contribution < -0.4 is 5.32 Å². The van der Waals surface area contributed by atoms with Gasteiger partial charge in [-0.05, 0) is 29.0 Å². The lowest BCUT2D eigenvalue weighted by molar-refractivity contribution is 0.364. The number of halogens is 7. The minimum Gasteiger partial charge on any atom is -0.308 e. The summed E-state index contributed by atoms with van der Waals surface area (Å²) in [6.07, 6.45) is 0. The van der Waals surface area contributed by atoms with Crippen LogP contribution in [-0.4, -0.2) is 7.05 Å². The average Bonchev–Trinajstić information content (AvgIpc) is 2.78. The lowest BCUT2D eigenvalue weighted by atomic mass is 10.0. The van der Waals surface area contributed by atoms with Crippen LogP contribution in [0.4, 0.5) is 22.0 Å². The number of rotatable bonds is 3. The van der Waals surface area contributed by atoms with Crippen LogP contribution in [0, 0.1) is 29.1 Å². The van der Waals surface area contributed by atoms with Crippen LogP contribution in [-0.2, 0) is 0 Å². The first-order valence-electron chi connectivity index (χ1n) is 5.42. The highest BCUT2D eigenvalue weighted by molar-refractivity contribution is 9.10. The zero-order valence-electron chi connectivity index (χ0n) is 10.2. The summed E-state index contributed by atoms with van der Waals surface area (Å²) >= 11 is 9.91. The van der Waals surface area contributed by atoms with E-state index in [9.17, 15) is 22.0 Å². The molecule has 1 nitrogen and oxygen atoms in total. The molecule has 2 rings (SSSR count). The van der Waals surface area contributed by atoms with Gasteiger partial charge in [-0.2, -0.15) is 0 Å². The van der Waals surface area contributed by atoms with Gasteiger partial charge in [0.05, 0.1) is 11.6 Å². The van der Waals surface area contributed by atoms with Gasteiger partial charge in [-0.15, -0.1) is 11.3 Å². The number of hydrogen-bond donors (Lipinski definition) is 1. The molecule has 0 saturated carbocycles. The van der Waals surface area contributed by atoms with Gasteiger partial charge in [0, 0.05) is 9.35 Å². The summed E-state index contributed by atoms with van der Waals surface area (Å²) in [4.78, 5) is 0.303. The molecule has 0 aliphatic carbocycles. The number of hydrogen-bond acceptors (Lipinski definition) is 2. The molecular weight excluding hydrogens is 401 g/mol. The Bertz CT molecular complexity index is 657. The predicted octanol–water partition coefficient (Wildman–Crippen LogP) is 5.17. The first-order valence-corrected chi connectivity index (χ1v) is 7.41. The first-order chi connectivity index (χ1) is 9.79. The van der Waals surface area contributed by atoms with E-state index in [-0.39, 0.29) is 0 Å². The summed E-state index contributed by atoms with van der Waals surface area (Å²) in [5.74, 6) is -9.89. The van der Waals surface area contributed by atoms with Crippen molar-refractivity contribution in [1.29, 1.82) is 0 Å². The quantitative estimate of drug-likeness (QED) is 0.421. The van der Waals surface area contributed by atoms with Gasteiger partial charge in [0.25, 0.3) is 0 Å². The van der Waals surface area contributed by atoms with Crippen LogP contribution in [0.25, 0.3) is 0 Å². The van der Waals surface area contributed by atoms with Gasteiger partial charge >= 0.3 is 0 Å². The third-order valence-corrected chi connectivity index (χ3v) is 5.31. The highest BCUT2D eigenvalue weighted by Gasteiger charge is 2.31. The molecule has 0 saturated heterocycles. The summed E-state index contributed by atoms with van der Waals surface area (Å²) in [7, 11) is 1.34. The van der Waals surface area contributed by atoms with Gasteiger partial charge in [0.1, 0.15) is 4.34 Å². The Kier molecular flexibility index (Phi) is 4.92. The predicted molar refractivity (Wildman–Crippen MR) is 74.2 cm³/mol. The van der Waals surface area contributed by atoms with Crippen LogP contribution in [0.3, 0.4) is 0 Å². The molecule has 0 amide bonds. The smallest absolute Gasteiger partial charge is 0.200 e. The molecule has 114 valence electrons. The maximum atomic E-state index is 13.8. The van der Waals surface area contributed by atoms with Crippen molar-refractivity contribution < 1.29 is 22.0 Å². The first kappa shape index (κ1) is 16.7.